The van der Waals surface area contributed by atoms with Gasteiger partial charge in [-0.15, -0.1) is 0 Å². The number of anilines is 1. The zero-order valence-corrected chi connectivity index (χ0v) is 26.0. The van der Waals surface area contributed by atoms with E-state index in [-0.39, 0.29) is 17.3 Å². The highest BCUT2D eigenvalue weighted by Crippen LogP contribution is 2.26. The van der Waals surface area contributed by atoms with Gasteiger partial charge >= 0.3 is 0 Å². The Kier molecular flexibility index (Phi) is 11.3. The lowest BCUT2D eigenvalue weighted by Crippen LogP contribution is -2.52. The Hall–Kier alpha value is -3.17. The zero-order chi connectivity index (χ0) is 29.3. The Balaban J connectivity index is 2.02. The van der Waals surface area contributed by atoms with Gasteiger partial charge in [0.25, 0.3) is 10.0 Å². The van der Waals surface area contributed by atoms with Crippen molar-refractivity contribution in [3.8, 4) is 0 Å². The third-order valence-electron chi connectivity index (χ3n) is 6.69. The summed E-state index contributed by atoms with van der Waals surface area (Å²) >= 11 is 3.40. The summed E-state index contributed by atoms with van der Waals surface area (Å²) in [4.78, 5) is 28.9. The van der Waals surface area contributed by atoms with Gasteiger partial charge in [0.1, 0.15) is 12.6 Å². The third-order valence-corrected chi connectivity index (χ3v) is 9.01. The maximum absolute atomic E-state index is 14.1. The molecule has 1 unspecified atom stereocenters. The number of unbranched alkanes of at least 4 members (excludes halogenated alkanes) is 1. The van der Waals surface area contributed by atoms with E-state index in [4.69, 9.17) is 0 Å². The Morgan fingerprint density at radius 1 is 0.875 bits per heavy atom. The third kappa shape index (κ3) is 8.17. The average Bonchev–Trinajstić information content (AvgIpc) is 2.93. The monoisotopic (exact) mass is 627 g/mol. The van der Waals surface area contributed by atoms with Crippen molar-refractivity contribution in [1.29, 1.82) is 0 Å². The number of hydrogen-bond acceptors (Lipinski definition) is 4. The molecule has 0 fully saturated rings. The van der Waals surface area contributed by atoms with Gasteiger partial charge < -0.3 is 10.2 Å². The van der Waals surface area contributed by atoms with Crippen LogP contribution in [0.5, 0.6) is 0 Å². The van der Waals surface area contributed by atoms with E-state index in [1.165, 1.54) is 4.90 Å². The molecule has 1 atom stereocenters. The Morgan fingerprint density at radius 2 is 1.45 bits per heavy atom. The molecule has 9 heteroatoms. The van der Waals surface area contributed by atoms with Crippen molar-refractivity contribution in [2.75, 3.05) is 17.4 Å². The number of carbonyl (C=O) groups excluding carboxylic acids is 2. The number of nitrogens with one attached hydrogen (secondary N) is 1. The summed E-state index contributed by atoms with van der Waals surface area (Å²) in [5.41, 5.74) is 3.22. The van der Waals surface area contributed by atoms with Crippen molar-refractivity contribution >= 4 is 43.5 Å². The summed E-state index contributed by atoms with van der Waals surface area (Å²) in [5, 5.41) is 2.95. The molecule has 214 valence electrons. The molecule has 0 spiro atoms. The fourth-order valence-corrected chi connectivity index (χ4v) is 5.97. The molecule has 2 amide bonds. The van der Waals surface area contributed by atoms with Gasteiger partial charge in [0, 0.05) is 17.6 Å². The Morgan fingerprint density at radius 3 is 2.00 bits per heavy atom. The molecule has 0 bridgehead atoms. The second-order valence-corrected chi connectivity index (χ2v) is 12.7. The molecule has 1 N–H and O–H groups in total. The lowest BCUT2D eigenvalue weighted by molar-refractivity contribution is -0.140. The molecule has 7 nitrogen and oxygen atoms in total. The van der Waals surface area contributed by atoms with Crippen LogP contribution in [-0.2, 0) is 26.2 Å². The normalized spacial score (nSPS) is 12.0. The molecule has 0 heterocycles. The molecule has 0 aliphatic carbocycles. The minimum atomic E-state index is -4.09. The molecule has 3 aromatic rings. The van der Waals surface area contributed by atoms with Crippen LogP contribution in [0.1, 0.15) is 49.8 Å². The Labute approximate surface area is 246 Å². The molecule has 3 aromatic carbocycles. The fraction of sp³-hybridized carbons (Fsp3) is 0.355. The summed E-state index contributed by atoms with van der Waals surface area (Å²) in [6, 6.07) is 20.3. The predicted octanol–water partition coefficient (Wildman–Crippen LogP) is 5.98. The number of amides is 2. The average molecular weight is 629 g/mol. The highest BCUT2D eigenvalue weighted by atomic mass is 79.9. The van der Waals surface area contributed by atoms with Crippen LogP contribution in [0.25, 0.3) is 0 Å². The fourth-order valence-electron chi connectivity index (χ4n) is 4.29. The van der Waals surface area contributed by atoms with E-state index in [2.05, 4.69) is 21.2 Å². The first kappa shape index (κ1) is 31.4. The largest absolute Gasteiger partial charge is 0.354 e. The second kappa shape index (κ2) is 14.5. The zero-order valence-electron chi connectivity index (χ0n) is 23.6. The number of carbonyl (C=O) groups is 2. The highest BCUT2D eigenvalue weighted by Gasteiger charge is 2.33. The summed E-state index contributed by atoms with van der Waals surface area (Å²) in [6.07, 6.45) is 2.15. The minimum Gasteiger partial charge on any atom is -0.354 e. The van der Waals surface area contributed by atoms with Crippen LogP contribution in [-0.4, -0.2) is 44.3 Å². The van der Waals surface area contributed by atoms with Crippen molar-refractivity contribution in [2.24, 2.45) is 0 Å². The number of nitrogens with zero attached hydrogens (tertiary/aromatic N) is 2. The van der Waals surface area contributed by atoms with Crippen molar-refractivity contribution in [3.63, 3.8) is 0 Å². The van der Waals surface area contributed by atoms with Gasteiger partial charge in [-0.1, -0.05) is 83.7 Å². The standard InChI is InChI=1S/C31H38BrN3O4S/c1-5-7-20-33-31(37)29(6-2)34(21-25-12-8-23(3)9-13-25)30(36)22-35(27-16-14-26(32)15-17-27)40(38,39)28-18-10-24(4)11-19-28/h8-19,29H,5-7,20-22H2,1-4H3,(H,33,37). The molecule has 0 aromatic heterocycles. The van der Waals surface area contributed by atoms with Crippen LogP contribution in [0.4, 0.5) is 5.69 Å². The molecule has 0 aliphatic heterocycles. The quantitative estimate of drug-likeness (QED) is 0.236. The van der Waals surface area contributed by atoms with E-state index in [1.54, 1.807) is 48.5 Å². The maximum Gasteiger partial charge on any atom is 0.264 e. The summed E-state index contributed by atoms with van der Waals surface area (Å²) in [7, 11) is -4.09. The Bertz CT molecular complexity index is 1380. The van der Waals surface area contributed by atoms with Gasteiger partial charge in [0.15, 0.2) is 0 Å². The SMILES string of the molecule is CCCCNC(=O)C(CC)N(Cc1ccc(C)cc1)C(=O)CN(c1ccc(Br)cc1)S(=O)(=O)c1ccc(C)cc1. The molecule has 40 heavy (non-hydrogen) atoms. The van der Waals surface area contributed by atoms with Gasteiger partial charge in [-0.3, -0.25) is 13.9 Å². The van der Waals surface area contributed by atoms with Crippen molar-refractivity contribution in [2.45, 2.75) is 64.4 Å². The lowest BCUT2D eigenvalue weighted by atomic mass is 10.1. The second-order valence-electron chi connectivity index (χ2n) is 9.88. The van der Waals surface area contributed by atoms with Gasteiger partial charge in [-0.05, 0) is 68.7 Å². The summed E-state index contributed by atoms with van der Waals surface area (Å²) in [5.74, 6) is -0.704. The van der Waals surface area contributed by atoms with E-state index < -0.39 is 28.5 Å². The van der Waals surface area contributed by atoms with Crippen LogP contribution in [0.15, 0.2) is 82.2 Å². The van der Waals surface area contributed by atoms with Crippen molar-refractivity contribution in [3.05, 3.63) is 94.0 Å². The van der Waals surface area contributed by atoms with E-state index in [1.807, 2.05) is 52.0 Å². The van der Waals surface area contributed by atoms with Gasteiger partial charge in [0.05, 0.1) is 10.6 Å². The summed E-state index contributed by atoms with van der Waals surface area (Å²) < 4.78 is 29.7. The number of rotatable bonds is 13. The molecule has 0 radical (unpaired) electrons. The van der Waals surface area contributed by atoms with Crippen molar-refractivity contribution in [1.82, 2.24) is 10.2 Å². The first-order valence-corrected chi connectivity index (χ1v) is 15.8. The van der Waals surface area contributed by atoms with Crippen LogP contribution >= 0.6 is 15.9 Å². The molecular weight excluding hydrogens is 590 g/mol. The van der Waals surface area contributed by atoms with E-state index >= 15 is 0 Å². The van der Waals surface area contributed by atoms with Gasteiger partial charge in [-0.2, -0.15) is 0 Å². The lowest BCUT2D eigenvalue weighted by Gasteiger charge is -2.33. The van der Waals surface area contributed by atoms with Crippen molar-refractivity contribution < 1.29 is 18.0 Å². The predicted molar refractivity (Wildman–Crippen MR) is 164 cm³/mol. The number of benzene rings is 3. The summed E-state index contributed by atoms with van der Waals surface area (Å²) in [6.45, 7) is 8.00. The molecular formula is C31H38BrN3O4S. The maximum atomic E-state index is 14.1. The van der Waals surface area contributed by atoms with Gasteiger partial charge in [0.2, 0.25) is 11.8 Å². The topological polar surface area (TPSA) is 86.8 Å². The molecule has 0 saturated carbocycles. The first-order chi connectivity index (χ1) is 19.1. The van der Waals surface area contributed by atoms with Crippen LogP contribution in [0, 0.1) is 13.8 Å². The molecule has 0 aliphatic rings. The molecule has 3 rings (SSSR count). The highest BCUT2D eigenvalue weighted by molar-refractivity contribution is 9.10. The number of sulfonamides is 1. The minimum absolute atomic E-state index is 0.0863. The van der Waals surface area contributed by atoms with Crippen LogP contribution in [0.3, 0.4) is 0 Å². The van der Waals surface area contributed by atoms with Crippen LogP contribution in [0.2, 0.25) is 0 Å². The van der Waals surface area contributed by atoms with Gasteiger partial charge in [-0.25, -0.2) is 8.42 Å². The van der Waals surface area contributed by atoms with E-state index in [9.17, 15) is 18.0 Å². The van der Waals surface area contributed by atoms with E-state index in [0.717, 1.165) is 38.3 Å². The molecule has 0 saturated heterocycles. The first-order valence-electron chi connectivity index (χ1n) is 13.5. The number of halogens is 1. The van der Waals surface area contributed by atoms with E-state index in [0.29, 0.717) is 18.7 Å². The van der Waals surface area contributed by atoms with Crippen LogP contribution < -0.4 is 9.62 Å². The number of aryl methyl sites for hydroxylation is 2. The smallest absolute Gasteiger partial charge is 0.264 e. The number of hydrogen-bond donors (Lipinski definition) is 1.